The summed E-state index contributed by atoms with van der Waals surface area (Å²) in [6, 6.07) is 3.55. The van der Waals surface area contributed by atoms with Crippen molar-refractivity contribution in [3.63, 3.8) is 0 Å². The molecule has 0 aliphatic rings. The van der Waals surface area contributed by atoms with Crippen LogP contribution in [0.5, 0.6) is 0 Å². The van der Waals surface area contributed by atoms with Crippen LogP contribution >= 0.6 is 0 Å². The van der Waals surface area contributed by atoms with Gasteiger partial charge < -0.3 is 4.74 Å². The van der Waals surface area contributed by atoms with Gasteiger partial charge in [-0.05, 0) is 31.0 Å². The first kappa shape index (κ1) is 11.2. The van der Waals surface area contributed by atoms with Crippen molar-refractivity contribution in [2.45, 2.75) is 20.3 Å². The number of ether oxygens (including phenoxy) is 1. The molecule has 0 atom stereocenters. The van der Waals surface area contributed by atoms with Crippen LogP contribution in [0.15, 0.2) is 12.3 Å². The average molecular weight is 204 g/mol. The van der Waals surface area contributed by atoms with Gasteiger partial charge in [0.15, 0.2) is 0 Å². The number of esters is 1. The van der Waals surface area contributed by atoms with Gasteiger partial charge in [0.25, 0.3) is 0 Å². The highest BCUT2D eigenvalue weighted by molar-refractivity contribution is 5.73. The summed E-state index contributed by atoms with van der Waals surface area (Å²) >= 11 is 0. The van der Waals surface area contributed by atoms with Crippen LogP contribution in [0.25, 0.3) is 0 Å². The first-order valence-corrected chi connectivity index (χ1v) is 4.68. The maximum atomic E-state index is 11.2. The summed E-state index contributed by atoms with van der Waals surface area (Å²) in [7, 11) is 0. The summed E-state index contributed by atoms with van der Waals surface area (Å²) < 4.78 is 4.83. The van der Waals surface area contributed by atoms with Gasteiger partial charge in [-0.1, -0.05) is 0 Å². The van der Waals surface area contributed by atoms with E-state index >= 15 is 0 Å². The van der Waals surface area contributed by atoms with Crippen LogP contribution in [-0.2, 0) is 16.0 Å². The summed E-state index contributed by atoms with van der Waals surface area (Å²) in [6.07, 6.45) is 1.78. The van der Waals surface area contributed by atoms with Gasteiger partial charge in [0.05, 0.1) is 13.0 Å². The molecule has 0 fully saturated rings. The van der Waals surface area contributed by atoms with Crippen LogP contribution < -0.4 is 0 Å². The Morgan fingerprint density at radius 1 is 1.67 bits per heavy atom. The van der Waals surface area contributed by atoms with Crippen molar-refractivity contribution in [1.82, 2.24) is 4.98 Å². The molecular formula is C11H12N2O2. The van der Waals surface area contributed by atoms with Gasteiger partial charge in [-0.3, -0.25) is 4.79 Å². The fraction of sp³-hybridized carbons (Fsp3) is 0.364. The van der Waals surface area contributed by atoms with E-state index in [9.17, 15) is 4.79 Å². The third-order valence-corrected chi connectivity index (χ3v) is 1.97. The predicted molar refractivity (Wildman–Crippen MR) is 54.0 cm³/mol. The summed E-state index contributed by atoms with van der Waals surface area (Å²) in [5.41, 5.74) is 2.00. The Morgan fingerprint density at radius 3 is 3.00 bits per heavy atom. The largest absolute Gasteiger partial charge is 0.466 e. The molecule has 1 rings (SSSR count). The van der Waals surface area contributed by atoms with Crippen molar-refractivity contribution in [3.05, 3.63) is 29.1 Å². The molecule has 0 amide bonds. The van der Waals surface area contributed by atoms with Gasteiger partial charge in [0, 0.05) is 6.20 Å². The van der Waals surface area contributed by atoms with Crippen LogP contribution in [0.2, 0.25) is 0 Å². The summed E-state index contributed by atoms with van der Waals surface area (Å²) in [5, 5.41) is 8.66. The Morgan fingerprint density at radius 2 is 2.40 bits per heavy atom. The van der Waals surface area contributed by atoms with Crippen molar-refractivity contribution in [2.24, 2.45) is 0 Å². The SMILES string of the molecule is CCOC(=O)Cc1cc(C#N)ncc1C. The Kier molecular flexibility index (Phi) is 3.81. The molecule has 0 bridgehead atoms. The molecule has 0 aromatic carbocycles. The maximum Gasteiger partial charge on any atom is 0.310 e. The molecule has 4 heteroatoms. The molecule has 0 unspecified atom stereocenters. The van der Waals surface area contributed by atoms with Gasteiger partial charge in [0.2, 0.25) is 0 Å². The third kappa shape index (κ3) is 3.06. The van der Waals surface area contributed by atoms with Crippen molar-refractivity contribution in [1.29, 1.82) is 5.26 Å². The lowest BCUT2D eigenvalue weighted by atomic mass is 10.1. The highest BCUT2D eigenvalue weighted by atomic mass is 16.5. The van der Waals surface area contributed by atoms with Crippen molar-refractivity contribution in [2.75, 3.05) is 6.61 Å². The average Bonchev–Trinajstić information content (AvgIpc) is 2.21. The minimum atomic E-state index is -0.282. The van der Waals surface area contributed by atoms with Crippen LogP contribution in [0.4, 0.5) is 0 Å². The zero-order chi connectivity index (χ0) is 11.3. The van der Waals surface area contributed by atoms with Crippen LogP contribution in [0, 0.1) is 18.3 Å². The van der Waals surface area contributed by atoms with E-state index < -0.39 is 0 Å². The van der Waals surface area contributed by atoms with Crippen molar-refractivity contribution >= 4 is 5.97 Å². The molecule has 0 radical (unpaired) electrons. The second-order valence-electron chi connectivity index (χ2n) is 3.09. The van der Waals surface area contributed by atoms with E-state index in [-0.39, 0.29) is 12.4 Å². The zero-order valence-corrected chi connectivity index (χ0v) is 8.78. The Bertz CT molecular complexity index is 408. The van der Waals surface area contributed by atoms with E-state index in [1.54, 1.807) is 19.2 Å². The second-order valence-corrected chi connectivity index (χ2v) is 3.09. The molecule has 1 heterocycles. The first-order valence-electron chi connectivity index (χ1n) is 4.68. The topological polar surface area (TPSA) is 63.0 Å². The summed E-state index contributed by atoms with van der Waals surface area (Å²) in [6.45, 7) is 3.98. The molecule has 1 aromatic rings. The highest BCUT2D eigenvalue weighted by Crippen LogP contribution is 2.09. The fourth-order valence-corrected chi connectivity index (χ4v) is 1.18. The third-order valence-electron chi connectivity index (χ3n) is 1.97. The number of carbonyl (C=O) groups excluding carboxylic acids is 1. The standard InChI is InChI=1S/C11H12N2O2/c1-3-15-11(14)5-9-4-10(6-12)13-7-8(9)2/h4,7H,3,5H2,1-2H3. The van der Waals surface area contributed by atoms with Gasteiger partial charge >= 0.3 is 5.97 Å². The predicted octanol–water partition coefficient (Wildman–Crippen LogP) is 1.37. The molecule has 4 nitrogen and oxygen atoms in total. The van der Waals surface area contributed by atoms with Crippen molar-refractivity contribution in [3.8, 4) is 6.07 Å². The normalized spacial score (nSPS) is 9.40. The number of carbonyl (C=O) groups is 1. The number of nitrogens with zero attached hydrogens (tertiary/aromatic N) is 2. The zero-order valence-electron chi connectivity index (χ0n) is 8.78. The van der Waals surface area contributed by atoms with Crippen molar-refractivity contribution < 1.29 is 9.53 Å². The Hall–Kier alpha value is -1.89. The number of nitriles is 1. The molecule has 1 aromatic heterocycles. The van der Waals surface area contributed by atoms with E-state index in [1.807, 2.05) is 13.0 Å². The molecule has 0 N–H and O–H groups in total. The molecule has 0 aliphatic carbocycles. The van der Waals surface area contributed by atoms with E-state index in [2.05, 4.69) is 4.98 Å². The minimum absolute atomic E-state index is 0.191. The molecule has 78 valence electrons. The van der Waals surface area contributed by atoms with Crippen LogP contribution in [-0.4, -0.2) is 17.6 Å². The van der Waals surface area contributed by atoms with Gasteiger partial charge in [0.1, 0.15) is 11.8 Å². The van der Waals surface area contributed by atoms with Crippen LogP contribution in [0.1, 0.15) is 23.7 Å². The van der Waals surface area contributed by atoms with E-state index in [1.165, 1.54) is 0 Å². The number of hydrogen-bond acceptors (Lipinski definition) is 4. The molecular weight excluding hydrogens is 192 g/mol. The number of hydrogen-bond donors (Lipinski definition) is 0. The number of aryl methyl sites for hydroxylation is 1. The van der Waals surface area contributed by atoms with E-state index in [0.717, 1.165) is 11.1 Å². The Balaban J connectivity index is 2.85. The molecule has 0 aliphatic heterocycles. The second kappa shape index (κ2) is 5.11. The summed E-state index contributed by atoms with van der Waals surface area (Å²) in [4.78, 5) is 15.1. The monoisotopic (exact) mass is 204 g/mol. The lowest BCUT2D eigenvalue weighted by Crippen LogP contribution is -2.09. The van der Waals surface area contributed by atoms with Gasteiger partial charge in [-0.15, -0.1) is 0 Å². The van der Waals surface area contributed by atoms with Gasteiger partial charge in [-0.25, -0.2) is 4.98 Å². The molecule has 0 saturated carbocycles. The number of rotatable bonds is 3. The smallest absolute Gasteiger partial charge is 0.310 e. The summed E-state index contributed by atoms with van der Waals surface area (Å²) in [5.74, 6) is -0.282. The lowest BCUT2D eigenvalue weighted by Gasteiger charge is -2.05. The van der Waals surface area contributed by atoms with Gasteiger partial charge in [-0.2, -0.15) is 5.26 Å². The fourth-order valence-electron chi connectivity index (χ4n) is 1.18. The highest BCUT2D eigenvalue weighted by Gasteiger charge is 2.07. The van der Waals surface area contributed by atoms with E-state index in [0.29, 0.717) is 12.3 Å². The maximum absolute atomic E-state index is 11.2. The Labute approximate surface area is 88.5 Å². The lowest BCUT2D eigenvalue weighted by molar-refractivity contribution is -0.142. The molecule has 0 spiro atoms. The quantitative estimate of drug-likeness (QED) is 0.697. The van der Waals surface area contributed by atoms with E-state index in [4.69, 9.17) is 10.00 Å². The number of pyridine rings is 1. The molecule has 0 saturated heterocycles. The molecule has 15 heavy (non-hydrogen) atoms. The minimum Gasteiger partial charge on any atom is -0.466 e. The number of aromatic nitrogens is 1. The first-order chi connectivity index (χ1) is 7.17. The van der Waals surface area contributed by atoms with Crippen LogP contribution in [0.3, 0.4) is 0 Å².